The van der Waals surface area contributed by atoms with Gasteiger partial charge in [0.05, 0.1) is 5.92 Å². The van der Waals surface area contributed by atoms with E-state index in [0.29, 0.717) is 24.7 Å². The maximum Gasteiger partial charge on any atom is 0.224 e. The Morgan fingerprint density at radius 3 is 3.04 bits per heavy atom. The van der Waals surface area contributed by atoms with Crippen molar-refractivity contribution < 1.29 is 9.18 Å². The van der Waals surface area contributed by atoms with Gasteiger partial charge in [-0.05, 0) is 55.2 Å². The maximum atomic E-state index is 13.5. The molecule has 0 bridgehead atoms. The minimum Gasteiger partial charge on any atom is -0.361 e. The van der Waals surface area contributed by atoms with Gasteiger partial charge >= 0.3 is 0 Å². The number of hydrogen-bond donors (Lipinski definition) is 2. The van der Waals surface area contributed by atoms with Gasteiger partial charge in [-0.1, -0.05) is 11.6 Å². The first-order chi connectivity index (χ1) is 13.6. The van der Waals surface area contributed by atoms with Gasteiger partial charge in [0.1, 0.15) is 5.82 Å². The Kier molecular flexibility index (Phi) is 5.43. The van der Waals surface area contributed by atoms with E-state index in [4.69, 9.17) is 11.6 Å². The van der Waals surface area contributed by atoms with E-state index in [2.05, 4.69) is 25.4 Å². The number of nitrogens with one attached hydrogen (secondary N) is 2. The van der Waals surface area contributed by atoms with Crippen LogP contribution in [0, 0.1) is 11.7 Å². The van der Waals surface area contributed by atoms with Gasteiger partial charge in [-0.25, -0.2) is 4.39 Å². The highest BCUT2D eigenvalue weighted by molar-refractivity contribution is 6.29. The third-order valence-electron chi connectivity index (χ3n) is 5.16. The number of piperidine rings is 1. The molecule has 0 spiro atoms. The van der Waals surface area contributed by atoms with E-state index in [-0.39, 0.29) is 17.6 Å². The van der Waals surface area contributed by atoms with E-state index < -0.39 is 0 Å². The summed E-state index contributed by atoms with van der Waals surface area (Å²) in [5.74, 6) is 0.428. The fraction of sp³-hybridized carbons (Fsp3) is 0.350. The van der Waals surface area contributed by atoms with E-state index in [1.54, 1.807) is 12.1 Å². The molecule has 3 aromatic rings. The fourth-order valence-corrected chi connectivity index (χ4v) is 3.80. The monoisotopic (exact) mass is 401 g/mol. The minimum atomic E-state index is -0.259. The molecule has 1 amide bonds. The van der Waals surface area contributed by atoms with Crippen LogP contribution in [0.25, 0.3) is 10.9 Å². The van der Waals surface area contributed by atoms with Crippen LogP contribution in [-0.2, 0) is 11.2 Å². The number of hydrogen-bond acceptors (Lipinski definition) is 4. The number of benzene rings is 1. The number of aromatic amines is 1. The molecule has 6 nitrogen and oxygen atoms in total. The zero-order valence-electron chi connectivity index (χ0n) is 15.3. The third-order valence-corrected chi connectivity index (χ3v) is 5.36. The summed E-state index contributed by atoms with van der Waals surface area (Å²) >= 11 is 5.79. The van der Waals surface area contributed by atoms with Crippen molar-refractivity contribution in [3.8, 4) is 0 Å². The normalized spacial score (nSPS) is 17.1. The number of fused-ring (bicyclic) bond motifs is 1. The number of rotatable bonds is 5. The van der Waals surface area contributed by atoms with Crippen LogP contribution < -0.4 is 10.2 Å². The van der Waals surface area contributed by atoms with Crippen LogP contribution in [0.4, 0.5) is 10.2 Å². The second-order valence-electron chi connectivity index (χ2n) is 7.04. The van der Waals surface area contributed by atoms with Crippen molar-refractivity contribution in [2.24, 2.45) is 5.92 Å². The van der Waals surface area contributed by atoms with Crippen LogP contribution in [0.15, 0.2) is 36.5 Å². The molecular formula is C20H21ClFN5O. The number of carbonyl (C=O) groups excluding carboxylic acids is 1. The Bertz CT molecular complexity index is 974. The topological polar surface area (TPSA) is 73.9 Å². The Balaban J connectivity index is 1.33. The van der Waals surface area contributed by atoms with Crippen LogP contribution in [0.5, 0.6) is 0 Å². The molecule has 1 saturated heterocycles. The second kappa shape index (κ2) is 8.14. The summed E-state index contributed by atoms with van der Waals surface area (Å²) in [7, 11) is 0. The molecule has 1 atom stereocenters. The van der Waals surface area contributed by atoms with Gasteiger partial charge in [-0.15, -0.1) is 10.2 Å². The van der Waals surface area contributed by atoms with Gasteiger partial charge in [0, 0.05) is 36.7 Å². The molecule has 1 aromatic carbocycles. The van der Waals surface area contributed by atoms with Crippen molar-refractivity contribution in [1.29, 1.82) is 0 Å². The number of aromatic nitrogens is 3. The molecule has 0 aliphatic carbocycles. The zero-order chi connectivity index (χ0) is 19.5. The van der Waals surface area contributed by atoms with Gasteiger partial charge in [0.2, 0.25) is 5.91 Å². The highest BCUT2D eigenvalue weighted by Gasteiger charge is 2.26. The summed E-state index contributed by atoms with van der Waals surface area (Å²) in [5, 5.41) is 12.2. The molecule has 4 rings (SSSR count). The van der Waals surface area contributed by atoms with Crippen LogP contribution in [0.2, 0.25) is 5.15 Å². The van der Waals surface area contributed by atoms with Gasteiger partial charge in [-0.2, -0.15) is 0 Å². The SMILES string of the molecule is O=C(NCCc1c[nH]c2ccc(F)cc12)C1CCCN(c2ccc(Cl)nn2)C1. The quantitative estimate of drug-likeness (QED) is 0.687. The first-order valence-electron chi connectivity index (χ1n) is 9.37. The highest BCUT2D eigenvalue weighted by atomic mass is 35.5. The van der Waals surface area contributed by atoms with E-state index in [1.807, 2.05) is 12.3 Å². The second-order valence-corrected chi connectivity index (χ2v) is 7.43. The van der Waals surface area contributed by atoms with Gasteiger partial charge in [-0.3, -0.25) is 4.79 Å². The first kappa shape index (κ1) is 18.7. The standard InChI is InChI=1S/C20H21ClFN5O/c21-18-5-6-19(26-25-18)27-9-1-2-14(12-27)20(28)23-8-7-13-11-24-17-4-3-15(22)10-16(13)17/h3-6,10-11,14,24H,1-2,7-9,12H2,(H,23,28). The molecule has 1 unspecified atom stereocenters. The van der Waals surface area contributed by atoms with E-state index in [0.717, 1.165) is 41.7 Å². The Labute approximate surface area is 167 Å². The largest absolute Gasteiger partial charge is 0.361 e. The molecule has 0 radical (unpaired) electrons. The van der Waals surface area contributed by atoms with Crippen LogP contribution in [0.3, 0.4) is 0 Å². The van der Waals surface area contributed by atoms with Crippen molar-refractivity contribution >= 4 is 34.2 Å². The fourth-order valence-electron chi connectivity index (χ4n) is 3.70. The first-order valence-corrected chi connectivity index (χ1v) is 9.75. The molecule has 28 heavy (non-hydrogen) atoms. The van der Waals surface area contributed by atoms with Crippen LogP contribution in [0.1, 0.15) is 18.4 Å². The van der Waals surface area contributed by atoms with E-state index >= 15 is 0 Å². The number of nitrogens with zero attached hydrogens (tertiary/aromatic N) is 3. The van der Waals surface area contributed by atoms with Crippen molar-refractivity contribution in [2.45, 2.75) is 19.3 Å². The number of H-pyrrole nitrogens is 1. The van der Waals surface area contributed by atoms with Gasteiger partial charge < -0.3 is 15.2 Å². The number of halogens is 2. The summed E-state index contributed by atoms with van der Waals surface area (Å²) in [6.45, 7) is 1.97. The van der Waals surface area contributed by atoms with Crippen molar-refractivity contribution in [3.05, 3.63) is 53.1 Å². The molecule has 8 heteroatoms. The number of anilines is 1. The smallest absolute Gasteiger partial charge is 0.224 e. The lowest BCUT2D eigenvalue weighted by Crippen LogP contribution is -2.43. The van der Waals surface area contributed by atoms with Gasteiger partial charge in [0.25, 0.3) is 0 Å². The average Bonchev–Trinajstić information content (AvgIpc) is 3.10. The molecule has 2 aromatic heterocycles. The average molecular weight is 402 g/mol. The Morgan fingerprint density at radius 1 is 1.32 bits per heavy atom. The maximum absolute atomic E-state index is 13.5. The Morgan fingerprint density at radius 2 is 2.21 bits per heavy atom. The van der Waals surface area contributed by atoms with Crippen molar-refractivity contribution in [3.63, 3.8) is 0 Å². The molecule has 2 N–H and O–H groups in total. The molecule has 146 valence electrons. The zero-order valence-corrected chi connectivity index (χ0v) is 16.0. The predicted octanol–water partition coefficient (Wildman–Crippen LogP) is 3.33. The van der Waals surface area contributed by atoms with E-state index in [1.165, 1.54) is 12.1 Å². The van der Waals surface area contributed by atoms with Crippen LogP contribution >= 0.6 is 11.6 Å². The van der Waals surface area contributed by atoms with Crippen molar-refractivity contribution in [2.75, 3.05) is 24.5 Å². The summed E-state index contributed by atoms with van der Waals surface area (Å²) in [6.07, 6.45) is 4.29. The lowest BCUT2D eigenvalue weighted by Gasteiger charge is -2.32. The van der Waals surface area contributed by atoms with Crippen molar-refractivity contribution in [1.82, 2.24) is 20.5 Å². The summed E-state index contributed by atoms with van der Waals surface area (Å²) in [5.41, 5.74) is 1.89. The van der Waals surface area contributed by atoms with Gasteiger partial charge in [0.15, 0.2) is 11.0 Å². The summed E-state index contributed by atoms with van der Waals surface area (Å²) in [4.78, 5) is 17.8. The molecular weight excluding hydrogens is 381 g/mol. The summed E-state index contributed by atoms with van der Waals surface area (Å²) < 4.78 is 13.5. The molecule has 0 saturated carbocycles. The number of carbonyl (C=O) groups is 1. The Hall–Kier alpha value is -2.67. The molecule has 1 fully saturated rings. The molecule has 1 aliphatic rings. The third kappa shape index (κ3) is 4.09. The predicted molar refractivity (Wildman–Crippen MR) is 107 cm³/mol. The summed E-state index contributed by atoms with van der Waals surface area (Å²) in [6, 6.07) is 8.21. The highest BCUT2D eigenvalue weighted by Crippen LogP contribution is 2.22. The molecule has 1 aliphatic heterocycles. The van der Waals surface area contributed by atoms with E-state index in [9.17, 15) is 9.18 Å². The van der Waals surface area contributed by atoms with Crippen LogP contribution in [-0.4, -0.2) is 40.7 Å². The molecule has 3 heterocycles. The number of amides is 1. The minimum absolute atomic E-state index is 0.0395. The lowest BCUT2D eigenvalue weighted by atomic mass is 9.97. The lowest BCUT2D eigenvalue weighted by molar-refractivity contribution is -0.125.